The van der Waals surface area contributed by atoms with Crippen LogP contribution in [0, 0.1) is 0 Å². The van der Waals surface area contributed by atoms with Crippen LogP contribution in [0.4, 0.5) is 11.5 Å². The number of pyridine rings is 1. The minimum absolute atomic E-state index is 0.533. The second-order valence-electron chi connectivity index (χ2n) is 4.71. The summed E-state index contributed by atoms with van der Waals surface area (Å²) in [5, 5.41) is 3.88. The van der Waals surface area contributed by atoms with Crippen molar-refractivity contribution < 1.29 is 4.74 Å². The number of hydrogen-bond acceptors (Lipinski definition) is 5. The lowest BCUT2D eigenvalue weighted by molar-refractivity contribution is 0.339. The van der Waals surface area contributed by atoms with Crippen molar-refractivity contribution in [1.29, 1.82) is 0 Å². The van der Waals surface area contributed by atoms with Crippen molar-refractivity contribution in [1.82, 2.24) is 15.0 Å². The van der Waals surface area contributed by atoms with Gasteiger partial charge in [-0.3, -0.25) is 4.98 Å². The van der Waals surface area contributed by atoms with Gasteiger partial charge >= 0.3 is 0 Å². The molecular formula is C17H15ClN4O. The van der Waals surface area contributed by atoms with Gasteiger partial charge in [0, 0.05) is 28.7 Å². The molecular weight excluding hydrogens is 312 g/mol. The van der Waals surface area contributed by atoms with Crippen molar-refractivity contribution in [2.45, 2.75) is 6.92 Å². The largest absolute Gasteiger partial charge is 0.488 e. The normalized spacial score (nSPS) is 10.3. The molecule has 0 aliphatic heterocycles. The van der Waals surface area contributed by atoms with Crippen LogP contribution in [0.25, 0.3) is 11.4 Å². The molecule has 0 bridgehead atoms. The van der Waals surface area contributed by atoms with E-state index in [4.69, 9.17) is 16.3 Å². The molecule has 0 spiro atoms. The van der Waals surface area contributed by atoms with Crippen molar-refractivity contribution in [3.8, 4) is 17.1 Å². The Hall–Kier alpha value is -2.66. The Morgan fingerprint density at radius 1 is 1.17 bits per heavy atom. The summed E-state index contributed by atoms with van der Waals surface area (Å²) >= 11 is 6.04. The molecule has 6 heteroatoms. The van der Waals surface area contributed by atoms with Gasteiger partial charge in [0.05, 0.1) is 12.8 Å². The third kappa shape index (κ3) is 3.76. The summed E-state index contributed by atoms with van der Waals surface area (Å²) in [5.74, 6) is 1.77. The van der Waals surface area contributed by atoms with Gasteiger partial charge in [-0.05, 0) is 31.2 Å². The van der Waals surface area contributed by atoms with Gasteiger partial charge < -0.3 is 10.1 Å². The van der Waals surface area contributed by atoms with Gasteiger partial charge in [-0.25, -0.2) is 9.97 Å². The van der Waals surface area contributed by atoms with E-state index in [-0.39, 0.29) is 0 Å². The van der Waals surface area contributed by atoms with E-state index < -0.39 is 0 Å². The van der Waals surface area contributed by atoms with Gasteiger partial charge in [0.25, 0.3) is 0 Å². The third-order valence-corrected chi connectivity index (χ3v) is 3.32. The van der Waals surface area contributed by atoms with E-state index in [1.165, 1.54) is 0 Å². The number of nitrogens with zero attached hydrogens (tertiary/aromatic N) is 3. The first-order valence-corrected chi connectivity index (χ1v) is 7.57. The van der Waals surface area contributed by atoms with Gasteiger partial charge in [-0.15, -0.1) is 0 Å². The highest BCUT2D eigenvalue weighted by atomic mass is 35.5. The fourth-order valence-electron chi connectivity index (χ4n) is 2.06. The molecule has 2 aromatic heterocycles. The predicted molar refractivity (Wildman–Crippen MR) is 91.2 cm³/mol. The van der Waals surface area contributed by atoms with E-state index in [1.807, 2.05) is 43.3 Å². The molecule has 0 amide bonds. The van der Waals surface area contributed by atoms with E-state index in [0.717, 1.165) is 11.3 Å². The van der Waals surface area contributed by atoms with Crippen molar-refractivity contribution in [2.75, 3.05) is 11.9 Å². The molecule has 0 aliphatic rings. The molecule has 5 nitrogen and oxygen atoms in total. The van der Waals surface area contributed by atoms with Gasteiger partial charge in [0.1, 0.15) is 0 Å². The summed E-state index contributed by atoms with van der Waals surface area (Å²) in [6.45, 7) is 2.45. The van der Waals surface area contributed by atoms with Gasteiger partial charge in [-0.2, -0.15) is 0 Å². The van der Waals surface area contributed by atoms with Crippen LogP contribution in [0.2, 0.25) is 5.02 Å². The first-order valence-electron chi connectivity index (χ1n) is 7.19. The second-order valence-corrected chi connectivity index (χ2v) is 5.15. The topological polar surface area (TPSA) is 59.9 Å². The van der Waals surface area contributed by atoms with Crippen LogP contribution >= 0.6 is 11.6 Å². The van der Waals surface area contributed by atoms with Crippen LogP contribution in [-0.4, -0.2) is 21.6 Å². The van der Waals surface area contributed by atoms with Crippen LogP contribution in [0.5, 0.6) is 5.75 Å². The first kappa shape index (κ1) is 15.2. The molecule has 0 fully saturated rings. The SMILES string of the molecule is CCOc1cnc(-c2cccc(Cl)c2)nc1Nc1ccncc1. The lowest BCUT2D eigenvalue weighted by atomic mass is 10.2. The average Bonchev–Trinajstić information content (AvgIpc) is 2.57. The molecule has 3 rings (SSSR count). The zero-order valence-electron chi connectivity index (χ0n) is 12.5. The molecule has 0 atom stereocenters. The fraction of sp³-hybridized carbons (Fsp3) is 0.118. The Morgan fingerprint density at radius 3 is 2.74 bits per heavy atom. The molecule has 2 heterocycles. The zero-order valence-corrected chi connectivity index (χ0v) is 13.3. The molecule has 3 aromatic rings. The minimum Gasteiger partial charge on any atom is -0.488 e. The Balaban J connectivity index is 1.99. The number of hydrogen-bond donors (Lipinski definition) is 1. The van der Waals surface area contributed by atoms with E-state index in [0.29, 0.717) is 29.0 Å². The molecule has 0 saturated heterocycles. The average molecular weight is 327 g/mol. The van der Waals surface area contributed by atoms with Crippen LogP contribution in [0.3, 0.4) is 0 Å². The Morgan fingerprint density at radius 2 is 2.00 bits per heavy atom. The highest BCUT2D eigenvalue weighted by molar-refractivity contribution is 6.30. The highest BCUT2D eigenvalue weighted by Gasteiger charge is 2.10. The fourth-order valence-corrected chi connectivity index (χ4v) is 2.25. The van der Waals surface area contributed by atoms with Crippen LogP contribution in [-0.2, 0) is 0 Å². The Labute approximate surface area is 139 Å². The van der Waals surface area contributed by atoms with E-state index in [2.05, 4.69) is 20.3 Å². The molecule has 23 heavy (non-hydrogen) atoms. The van der Waals surface area contributed by atoms with Gasteiger partial charge in [0.2, 0.25) is 0 Å². The summed E-state index contributed by atoms with van der Waals surface area (Å²) in [6.07, 6.45) is 5.08. The van der Waals surface area contributed by atoms with Crippen molar-refractivity contribution >= 4 is 23.1 Å². The third-order valence-electron chi connectivity index (χ3n) is 3.08. The second kappa shape index (κ2) is 7.07. The molecule has 116 valence electrons. The van der Waals surface area contributed by atoms with E-state index in [9.17, 15) is 0 Å². The molecule has 1 aromatic carbocycles. The van der Waals surface area contributed by atoms with E-state index >= 15 is 0 Å². The summed E-state index contributed by atoms with van der Waals surface area (Å²) in [4.78, 5) is 12.9. The van der Waals surface area contributed by atoms with Crippen molar-refractivity contribution in [2.24, 2.45) is 0 Å². The van der Waals surface area contributed by atoms with E-state index in [1.54, 1.807) is 18.6 Å². The monoisotopic (exact) mass is 326 g/mol. The minimum atomic E-state index is 0.533. The Bertz CT molecular complexity index is 796. The predicted octanol–water partition coefficient (Wildman–Crippen LogP) is 4.33. The quantitative estimate of drug-likeness (QED) is 0.756. The maximum atomic E-state index is 6.04. The number of anilines is 2. The van der Waals surface area contributed by atoms with Crippen molar-refractivity contribution in [3.63, 3.8) is 0 Å². The summed E-state index contributed by atoms with van der Waals surface area (Å²) < 4.78 is 5.59. The smallest absolute Gasteiger partial charge is 0.180 e. The van der Waals surface area contributed by atoms with Crippen LogP contribution in [0.15, 0.2) is 55.0 Å². The molecule has 1 N–H and O–H groups in total. The zero-order chi connectivity index (χ0) is 16.1. The summed E-state index contributed by atoms with van der Waals surface area (Å²) in [6, 6.07) is 11.1. The van der Waals surface area contributed by atoms with Crippen molar-refractivity contribution in [3.05, 3.63) is 60.0 Å². The lowest BCUT2D eigenvalue weighted by Gasteiger charge is -2.12. The Kier molecular flexibility index (Phi) is 4.68. The number of aromatic nitrogens is 3. The summed E-state index contributed by atoms with van der Waals surface area (Å²) in [5.41, 5.74) is 1.72. The lowest BCUT2D eigenvalue weighted by Crippen LogP contribution is -2.03. The number of halogens is 1. The van der Waals surface area contributed by atoms with Crippen LogP contribution < -0.4 is 10.1 Å². The number of rotatable bonds is 5. The summed E-state index contributed by atoms with van der Waals surface area (Å²) in [7, 11) is 0. The van der Waals surface area contributed by atoms with Gasteiger partial charge in [-0.1, -0.05) is 23.7 Å². The highest BCUT2D eigenvalue weighted by Crippen LogP contribution is 2.28. The maximum Gasteiger partial charge on any atom is 0.180 e. The molecule has 0 radical (unpaired) electrons. The maximum absolute atomic E-state index is 6.04. The van der Waals surface area contributed by atoms with Crippen LogP contribution in [0.1, 0.15) is 6.92 Å². The molecule has 0 saturated carbocycles. The number of ether oxygens (including phenoxy) is 1. The molecule has 0 aliphatic carbocycles. The number of benzene rings is 1. The van der Waals surface area contributed by atoms with Gasteiger partial charge in [0.15, 0.2) is 17.4 Å². The first-order chi connectivity index (χ1) is 11.3. The number of nitrogens with one attached hydrogen (secondary N) is 1. The standard InChI is InChI=1S/C17H15ClN4O/c1-2-23-15-11-20-16(12-4-3-5-13(18)10-12)22-17(15)21-14-6-8-19-9-7-14/h3-11H,2H2,1H3,(H,19,20,21,22). The molecule has 0 unspecified atom stereocenters.